The second-order valence-electron chi connectivity index (χ2n) is 6.67. The average molecular weight is 515 g/mol. The number of hydrogen-bond donors (Lipinski definition) is 3. The number of benzene rings is 2. The highest BCUT2D eigenvalue weighted by Crippen LogP contribution is 2.22. The summed E-state index contributed by atoms with van der Waals surface area (Å²) in [5.41, 5.74) is 0.972. The second kappa shape index (κ2) is 11.1. The van der Waals surface area contributed by atoms with Crippen molar-refractivity contribution >= 4 is 56.5 Å². The van der Waals surface area contributed by atoms with E-state index in [1.54, 1.807) is 0 Å². The number of carbonyl (C=O) groups excluding carboxylic acids is 1. The van der Waals surface area contributed by atoms with E-state index >= 15 is 0 Å². The van der Waals surface area contributed by atoms with E-state index in [1.807, 2.05) is 0 Å². The van der Waals surface area contributed by atoms with Crippen molar-refractivity contribution in [3.05, 3.63) is 82.7 Å². The molecule has 0 saturated carbocycles. The van der Waals surface area contributed by atoms with Gasteiger partial charge in [0, 0.05) is 36.3 Å². The molecule has 0 aliphatic carbocycles. The van der Waals surface area contributed by atoms with E-state index < -0.39 is 20.9 Å². The molecule has 3 aromatic rings. The minimum Gasteiger partial charge on any atom is -0.478 e. The highest BCUT2D eigenvalue weighted by Gasteiger charge is 2.18. The Morgan fingerprint density at radius 2 is 1.74 bits per heavy atom. The van der Waals surface area contributed by atoms with Gasteiger partial charge in [-0.1, -0.05) is 0 Å². The Morgan fingerprint density at radius 3 is 2.37 bits per heavy atom. The third kappa shape index (κ3) is 7.02. The summed E-state index contributed by atoms with van der Waals surface area (Å²) in [6, 6.07) is 11.3. The van der Waals surface area contributed by atoms with Crippen molar-refractivity contribution in [1.29, 1.82) is 0 Å². The molecule has 35 heavy (non-hydrogen) atoms. The number of thiocarbonyl (C=S) groups is 1. The number of nitrogens with zero attached hydrogens (tertiary/aromatic N) is 3. The number of hydrogen-bond acceptors (Lipinski definition) is 9. The summed E-state index contributed by atoms with van der Waals surface area (Å²) in [5.74, 6) is -0.553. The summed E-state index contributed by atoms with van der Waals surface area (Å²) in [6.07, 6.45) is 5.38. The molecular weight excluding hydrogens is 496 g/mol. The Labute approximate surface area is 205 Å². The van der Waals surface area contributed by atoms with Gasteiger partial charge in [-0.3, -0.25) is 24.9 Å². The van der Waals surface area contributed by atoms with E-state index in [0.717, 1.165) is 0 Å². The molecule has 0 aliphatic heterocycles. The minimum absolute atomic E-state index is 0.0126. The largest absolute Gasteiger partial charge is 0.478 e. The van der Waals surface area contributed by atoms with E-state index in [1.165, 1.54) is 80.2 Å². The van der Waals surface area contributed by atoms with Gasteiger partial charge in [0.2, 0.25) is 11.7 Å². The SMILES string of the molecule is COc1nccnc1NS(=O)(=O)c1ccc(NC(=S)NC(=O)/C=C/c2ccc([N+](=O)[O-])cc2)cc1. The smallest absolute Gasteiger partial charge is 0.269 e. The number of anilines is 2. The number of ether oxygens (including phenoxy) is 1. The standard InChI is InChI=1S/C21H18N6O6S2/c1-33-20-19(22-12-13-23-20)26-35(31,32)17-9-5-15(6-10-17)24-21(34)25-18(28)11-4-14-2-7-16(8-3-14)27(29)30/h2-13H,1H3,(H,22,26)(H2,24,25,28,34)/b11-4+. The summed E-state index contributed by atoms with van der Waals surface area (Å²) >= 11 is 5.10. The third-order valence-corrected chi connectivity index (χ3v) is 5.84. The Kier molecular flexibility index (Phi) is 8.01. The van der Waals surface area contributed by atoms with Gasteiger partial charge < -0.3 is 10.1 Å². The molecule has 3 rings (SSSR count). The first-order chi connectivity index (χ1) is 16.7. The molecule has 180 valence electrons. The van der Waals surface area contributed by atoms with Crippen LogP contribution in [0.25, 0.3) is 6.08 Å². The van der Waals surface area contributed by atoms with E-state index in [4.69, 9.17) is 17.0 Å². The van der Waals surface area contributed by atoms with Crippen LogP contribution in [0.15, 0.2) is 71.9 Å². The maximum atomic E-state index is 12.6. The highest BCUT2D eigenvalue weighted by molar-refractivity contribution is 7.92. The van der Waals surface area contributed by atoms with E-state index in [9.17, 15) is 23.3 Å². The molecule has 0 spiro atoms. The average Bonchev–Trinajstić information content (AvgIpc) is 2.83. The number of nitro benzene ring substituents is 1. The molecule has 0 fully saturated rings. The fourth-order valence-electron chi connectivity index (χ4n) is 2.64. The van der Waals surface area contributed by atoms with Crippen LogP contribution in [0, 0.1) is 10.1 Å². The molecule has 0 atom stereocenters. The van der Waals surface area contributed by atoms with Gasteiger partial charge >= 0.3 is 0 Å². The molecule has 0 unspecified atom stereocenters. The normalized spacial score (nSPS) is 11.0. The zero-order chi connectivity index (χ0) is 25.4. The van der Waals surface area contributed by atoms with Gasteiger partial charge in [0.1, 0.15) is 0 Å². The van der Waals surface area contributed by atoms with E-state index in [2.05, 4.69) is 25.3 Å². The quantitative estimate of drug-likeness (QED) is 0.176. The Morgan fingerprint density at radius 1 is 1.09 bits per heavy atom. The Hall–Kier alpha value is -4.43. The number of carbonyl (C=O) groups is 1. The Bertz CT molecular complexity index is 1380. The highest BCUT2D eigenvalue weighted by atomic mass is 32.2. The van der Waals surface area contributed by atoms with E-state index in [-0.39, 0.29) is 27.4 Å². The molecule has 1 aromatic heterocycles. The molecule has 1 heterocycles. The summed E-state index contributed by atoms with van der Waals surface area (Å²) in [7, 11) is -2.62. The number of rotatable bonds is 8. The number of sulfonamides is 1. The van der Waals surface area contributed by atoms with Gasteiger partial charge in [-0.25, -0.2) is 18.4 Å². The number of nitro groups is 1. The number of amides is 1. The molecule has 0 saturated heterocycles. The lowest BCUT2D eigenvalue weighted by molar-refractivity contribution is -0.384. The van der Waals surface area contributed by atoms with Crippen molar-refractivity contribution in [3.63, 3.8) is 0 Å². The molecule has 0 radical (unpaired) electrons. The first kappa shape index (κ1) is 25.2. The predicted molar refractivity (Wildman–Crippen MR) is 132 cm³/mol. The first-order valence-corrected chi connectivity index (χ1v) is 11.6. The fourth-order valence-corrected chi connectivity index (χ4v) is 3.87. The van der Waals surface area contributed by atoms with Crippen molar-refractivity contribution in [1.82, 2.24) is 15.3 Å². The summed E-state index contributed by atoms with van der Waals surface area (Å²) < 4.78 is 32.5. The zero-order valence-corrected chi connectivity index (χ0v) is 19.7. The van der Waals surface area contributed by atoms with Crippen LogP contribution < -0.4 is 20.1 Å². The number of non-ortho nitro benzene ring substituents is 1. The summed E-state index contributed by atoms with van der Waals surface area (Å²) in [5, 5.41) is 15.9. The van der Waals surface area contributed by atoms with Crippen molar-refractivity contribution in [3.8, 4) is 5.88 Å². The Balaban J connectivity index is 1.57. The molecule has 0 aliphatic rings. The maximum absolute atomic E-state index is 12.6. The van der Waals surface area contributed by atoms with Crippen molar-refractivity contribution in [2.24, 2.45) is 0 Å². The molecule has 1 amide bonds. The molecule has 12 nitrogen and oxygen atoms in total. The van der Waals surface area contributed by atoms with Gasteiger partial charge in [-0.2, -0.15) is 0 Å². The van der Waals surface area contributed by atoms with Crippen LogP contribution in [0.1, 0.15) is 5.56 Å². The van der Waals surface area contributed by atoms with Crippen molar-refractivity contribution < 1.29 is 22.9 Å². The van der Waals surface area contributed by atoms with Crippen LogP contribution in [-0.4, -0.2) is 41.4 Å². The number of aromatic nitrogens is 2. The summed E-state index contributed by atoms with van der Waals surface area (Å²) in [6.45, 7) is 0. The molecule has 2 aromatic carbocycles. The van der Waals surface area contributed by atoms with Crippen molar-refractivity contribution in [2.75, 3.05) is 17.1 Å². The summed E-state index contributed by atoms with van der Waals surface area (Å²) in [4.78, 5) is 30.0. The molecule has 14 heteroatoms. The first-order valence-electron chi connectivity index (χ1n) is 9.70. The van der Waals surface area contributed by atoms with Gasteiger partial charge in [-0.15, -0.1) is 0 Å². The molecule has 3 N–H and O–H groups in total. The lowest BCUT2D eigenvalue weighted by Crippen LogP contribution is -2.32. The lowest BCUT2D eigenvalue weighted by atomic mass is 10.2. The lowest BCUT2D eigenvalue weighted by Gasteiger charge is -2.11. The second-order valence-corrected chi connectivity index (χ2v) is 8.76. The van der Waals surface area contributed by atoms with Crippen LogP contribution in [0.3, 0.4) is 0 Å². The minimum atomic E-state index is -3.96. The van der Waals surface area contributed by atoms with E-state index in [0.29, 0.717) is 11.3 Å². The zero-order valence-electron chi connectivity index (χ0n) is 18.0. The van der Waals surface area contributed by atoms with Crippen LogP contribution in [-0.2, 0) is 14.8 Å². The van der Waals surface area contributed by atoms with Gasteiger partial charge in [0.25, 0.3) is 21.6 Å². The number of methoxy groups -OCH3 is 1. The van der Waals surface area contributed by atoms with Crippen LogP contribution in [0.2, 0.25) is 0 Å². The monoisotopic (exact) mass is 514 g/mol. The van der Waals surface area contributed by atoms with Gasteiger partial charge in [-0.05, 0) is 60.3 Å². The van der Waals surface area contributed by atoms with Crippen LogP contribution in [0.4, 0.5) is 17.2 Å². The van der Waals surface area contributed by atoms with Gasteiger partial charge in [0.15, 0.2) is 5.11 Å². The van der Waals surface area contributed by atoms with Crippen molar-refractivity contribution in [2.45, 2.75) is 4.90 Å². The molecule has 0 bridgehead atoms. The van der Waals surface area contributed by atoms with Crippen LogP contribution >= 0.6 is 12.2 Å². The topological polar surface area (TPSA) is 165 Å². The van der Waals surface area contributed by atoms with Gasteiger partial charge in [0.05, 0.1) is 16.9 Å². The van der Waals surface area contributed by atoms with Crippen LogP contribution in [0.5, 0.6) is 5.88 Å². The maximum Gasteiger partial charge on any atom is 0.269 e. The fraction of sp³-hybridized carbons (Fsp3) is 0.0476. The number of nitrogens with one attached hydrogen (secondary N) is 3. The predicted octanol–water partition coefficient (Wildman–Crippen LogP) is 2.72. The third-order valence-electron chi connectivity index (χ3n) is 4.28. The molecular formula is C21H18N6O6S2.